The van der Waals surface area contributed by atoms with Crippen LogP contribution in [0.5, 0.6) is 0 Å². The van der Waals surface area contributed by atoms with Gasteiger partial charge in [-0.25, -0.2) is 5.01 Å². The number of rotatable bonds is 2. The van der Waals surface area contributed by atoms with Crippen LogP contribution in [0.2, 0.25) is 0 Å². The van der Waals surface area contributed by atoms with Crippen LogP contribution in [0, 0.1) is 4.91 Å². The lowest BCUT2D eigenvalue weighted by Crippen LogP contribution is -2.43. The standard InChI is InChI=1S/C11H13N3O2/c1-11(2)12-10(15)9(14(11)13-16)8-6-4-3-5-7-8/h3-7,9H,1-2H3,(H,12,15). The van der Waals surface area contributed by atoms with Crippen molar-refractivity contribution in [3.63, 3.8) is 0 Å². The minimum Gasteiger partial charge on any atom is -0.330 e. The van der Waals surface area contributed by atoms with Crippen molar-refractivity contribution in [1.29, 1.82) is 0 Å². The van der Waals surface area contributed by atoms with Crippen LogP contribution < -0.4 is 5.32 Å². The third kappa shape index (κ3) is 1.54. The Bertz CT molecular complexity index is 416. The molecule has 0 aromatic heterocycles. The fourth-order valence-corrected chi connectivity index (χ4v) is 1.94. The van der Waals surface area contributed by atoms with Gasteiger partial charge in [-0.15, -0.1) is 4.91 Å². The monoisotopic (exact) mass is 219 g/mol. The molecule has 1 saturated heterocycles. The summed E-state index contributed by atoms with van der Waals surface area (Å²) in [5.74, 6) is -0.198. The Hall–Kier alpha value is -1.91. The van der Waals surface area contributed by atoms with E-state index in [1.165, 1.54) is 5.01 Å². The van der Waals surface area contributed by atoms with E-state index in [-0.39, 0.29) is 5.91 Å². The Kier molecular flexibility index (Phi) is 2.38. The zero-order chi connectivity index (χ0) is 11.8. The largest absolute Gasteiger partial charge is 0.330 e. The zero-order valence-electron chi connectivity index (χ0n) is 9.18. The summed E-state index contributed by atoms with van der Waals surface area (Å²) in [5, 5.41) is 6.94. The normalized spacial score (nSPS) is 23.0. The molecule has 1 fully saturated rings. The van der Waals surface area contributed by atoms with Gasteiger partial charge < -0.3 is 5.32 Å². The van der Waals surface area contributed by atoms with Gasteiger partial charge in [0.05, 0.1) is 5.29 Å². The topological polar surface area (TPSA) is 61.8 Å². The van der Waals surface area contributed by atoms with E-state index in [1.54, 1.807) is 13.8 Å². The summed E-state index contributed by atoms with van der Waals surface area (Å²) in [5.41, 5.74) is 0.0319. The second kappa shape index (κ2) is 3.59. The first-order chi connectivity index (χ1) is 7.56. The summed E-state index contributed by atoms with van der Waals surface area (Å²) < 4.78 is 0. The number of nitroso groups, excluding NO2 is 1. The molecule has 1 aromatic carbocycles. The lowest BCUT2D eigenvalue weighted by Gasteiger charge is -2.27. The van der Waals surface area contributed by atoms with Crippen LogP contribution >= 0.6 is 0 Å². The summed E-state index contributed by atoms with van der Waals surface area (Å²) in [4.78, 5) is 22.6. The van der Waals surface area contributed by atoms with Gasteiger partial charge in [0.1, 0.15) is 5.66 Å². The van der Waals surface area contributed by atoms with Crippen LogP contribution in [0.1, 0.15) is 25.5 Å². The fourth-order valence-electron chi connectivity index (χ4n) is 1.94. The molecule has 1 N–H and O–H groups in total. The maximum atomic E-state index is 11.8. The first kappa shape index (κ1) is 10.6. The molecule has 16 heavy (non-hydrogen) atoms. The molecule has 0 aliphatic carbocycles. The van der Waals surface area contributed by atoms with E-state index in [2.05, 4.69) is 10.6 Å². The smallest absolute Gasteiger partial charge is 0.251 e. The Labute approximate surface area is 93.4 Å². The van der Waals surface area contributed by atoms with E-state index < -0.39 is 11.7 Å². The van der Waals surface area contributed by atoms with Crippen LogP contribution in [-0.4, -0.2) is 16.6 Å². The highest BCUT2D eigenvalue weighted by molar-refractivity contribution is 5.86. The fraction of sp³-hybridized carbons (Fsp3) is 0.364. The highest BCUT2D eigenvalue weighted by Gasteiger charge is 2.46. The number of nitrogens with one attached hydrogen (secondary N) is 1. The molecule has 0 radical (unpaired) electrons. The van der Waals surface area contributed by atoms with Crippen molar-refractivity contribution in [1.82, 2.24) is 10.3 Å². The third-order valence-corrected chi connectivity index (χ3v) is 2.70. The van der Waals surface area contributed by atoms with E-state index in [4.69, 9.17) is 0 Å². The molecular formula is C11H13N3O2. The molecule has 1 atom stereocenters. The quantitative estimate of drug-likeness (QED) is 0.768. The predicted octanol–water partition coefficient (Wildman–Crippen LogP) is 1.58. The van der Waals surface area contributed by atoms with Crippen LogP contribution in [0.25, 0.3) is 0 Å². The highest BCUT2D eigenvalue weighted by atomic mass is 16.3. The highest BCUT2D eigenvalue weighted by Crippen LogP contribution is 2.33. The molecule has 5 nitrogen and oxygen atoms in total. The van der Waals surface area contributed by atoms with E-state index in [0.717, 1.165) is 5.56 Å². The second-order valence-corrected chi connectivity index (χ2v) is 4.29. The average Bonchev–Trinajstić information content (AvgIpc) is 2.48. The van der Waals surface area contributed by atoms with Crippen molar-refractivity contribution in [2.24, 2.45) is 5.29 Å². The van der Waals surface area contributed by atoms with Crippen LogP contribution in [0.4, 0.5) is 0 Å². The van der Waals surface area contributed by atoms with E-state index >= 15 is 0 Å². The van der Waals surface area contributed by atoms with Crippen molar-refractivity contribution in [3.8, 4) is 0 Å². The van der Waals surface area contributed by atoms with Gasteiger partial charge in [-0.05, 0) is 19.4 Å². The van der Waals surface area contributed by atoms with E-state index in [1.807, 2.05) is 30.3 Å². The zero-order valence-corrected chi connectivity index (χ0v) is 9.18. The maximum absolute atomic E-state index is 11.8. The van der Waals surface area contributed by atoms with Gasteiger partial charge in [0.15, 0.2) is 6.04 Å². The minimum atomic E-state index is -0.737. The number of hydrogen-bond acceptors (Lipinski definition) is 3. The molecule has 1 heterocycles. The predicted molar refractivity (Wildman–Crippen MR) is 59.0 cm³/mol. The molecule has 84 valence electrons. The Morgan fingerprint density at radius 2 is 1.94 bits per heavy atom. The first-order valence-electron chi connectivity index (χ1n) is 5.06. The Balaban J connectivity index is 2.41. The molecule has 1 aromatic rings. The summed E-state index contributed by atoms with van der Waals surface area (Å²) >= 11 is 0. The van der Waals surface area contributed by atoms with Crippen molar-refractivity contribution in [2.75, 3.05) is 0 Å². The third-order valence-electron chi connectivity index (χ3n) is 2.70. The van der Waals surface area contributed by atoms with Crippen molar-refractivity contribution < 1.29 is 4.79 Å². The van der Waals surface area contributed by atoms with Crippen molar-refractivity contribution in [3.05, 3.63) is 40.8 Å². The molecule has 1 unspecified atom stereocenters. The number of nitrogens with zero attached hydrogens (tertiary/aromatic N) is 2. The summed E-state index contributed by atoms with van der Waals surface area (Å²) in [6.07, 6.45) is 0. The van der Waals surface area contributed by atoms with Crippen LogP contribution in [-0.2, 0) is 4.79 Å². The van der Waals surface area contributed by atoms with Gasteiger partial charge in [0.25, 0.3) is 5.91 Å². The Morgan fingerprint density at radius 1 is 1.31 bits per heavy atom. The minimum absolute atomic E-state index is 0.198. The maximum Gasteiger partial charge on any atom is 0.251 e. The number of amides is 1. The molecule has 0 saturated carbocycles. The second-order valence-electron chi connectivity index (χ2n) is 4.29. The molecule has 2 rings (SSSR count). The van der Waals surface area contributed by atoms with Gasteiger partial charge in [-0.3, -0.25) is 4.79 Å². The molecule has 1 aliphatic heterocycles. The molecular weight excluding hydrogens is 206 g/mol. The molecule has 0 spiro atoms. The summed E-state index contributed by atoms with van der Waals surface area (Å²) in [6.45, 7) is 3.49. The van der Waals surface area contributed by atoms with Gasteiger partial charge in [-0.2, -0.15) is 0 Å². The number of benzene rings is 1. The summed E-state index contributed by atoms with van der Waals surface area (Å²) in [6, 6.07) is 8.51. The van der Waals surface area contributed by atoms with Gasteiger partial charge in [-0.1, -0.05) is 30.3 Å². The SMILES string of the molecule is CC1(C)NC(=O)C(c2ccccc2)N1N=O. The van der Waals surface area contributed by atoms with Crippen LogP contribution in [0.3, 0.4) is 0 Å². The molecule has 5 heteroatoms. The lowest BCUT2D eigenvalue weighted by molar-refractivity contribution is -0.121. The molecule has 1 aliphatic rings. The van der Waals surface area contributed by atoms with Crippen molar-refractivity contribution in [2.45, 2.75) is 25.6 Å². The lowest BCUT2D eigenvalue weighted by atomic mass is 10.1. The molecule has 1 amide bonds. The number of carbonyl (C=O) groups is 1. The summed E-state index contributed by atoms with van der Waals surface area (Å²) in [7, 11) is 0. The van der Waals surface area contributed by atoms with E-state index in [9.17, 15) is 9.70 Å². The molecule has 0 bridgehead atoms. The van der Waals surface area contributed by atoms with Crippen LogP contribution in [0.15, 0.2) is 35.6 Å². The number of carbonyl (C=O) groups excluding carboxylic acids is 1. The number of hydrogen-bond donors (Lipinski definition) is 1. The first-order valence-corrected chi connectivity index (χ1v) is 5.06. The van der Waals surface area contributed by atoms with Gasteiger partial charge in [0, 0.05) is 0 Å². The van der Waals surface area contributed by atoms with E-state index in [0.29, 0.717) is 0 Å². The van der Waals surface area contributed by atoms with Gasteiger partial charge in [0.2, 0.25) is 0 Å². The van der Waals surface area contributed by atoms with Gasteiger partial charge >= 0.3 is 0 Å². The average molecular weight is 219 g/mol. The van der Waals surface area contributed by atoms with Crippen molar-refractivity contribution >= 4 is 5.91 Å². The Morgan fingerprint density at radius 3 is 2.50 bits per heavy atom.